The highest BCUT2D eigenvalue weighted by molar-refractivity contribution is 5.81. The van der Waals surface area contributed by atoms with Crippen LogP contribution in [0.15, 0.2) is 71.5 Å². The number of rotatable bonds is 6. The van der Waals surface area contributed by atoms with Crippen LogP contribution in [0.5, 0.6) is 5.75 Å². The van der Waals surface area contributed by atoms with E-state index in [0.29, 0.717) is 12.3 Å². The van der Waals surface area contributed by atoms with Gasteiger partial charge in [0.05, 0.1) is 11.0 Å². The normalized spacial score (nSPS) is 15.0. The predicted octanol–water partition coefficient (Wildman–Crippen LogP) is 3.32. The molecule has 0 radical (unpaired) electrons. The Balaban J connectivity index is 1.21. The molecule has 1 aliphatic rings. The molecular formula is C25H25N3O3. The van der Waals surface area contributed by atoms with E-state index in [-0.39, 0.29) is 12.3 Å². The predicted molar refractivity (Wildman–Crippen MR) is 121 cm³/mol. The van der Waals surface area contributed by atoms with E-state index in [1.165, 1.54) is 11.1 Å². The highest BCUT2D eigenvalue weighted by Crippen LogP contribution is 2.26. The van der Waals surface area contributed by atoms with Crippen LogP contribution in [0, 0.1) is 0 Å². The minimum Gasteiger partial charge on any atom is -0.491 e. The van der Waals surface area contributed by atoms with E-state index in [1.807, 2.05) is 42.5 Å². The highest BCUT2D eigenvalue weighted by Gasteiger charge is 2.18. The zero-order valence-electron chi connectivity index (χ0n) is 17.2. The van der Waals surface area contributed by atoms with E-state index in [2.05, 4.69) is 39.1 Å². The van der Waals surface area contributed by atoms with Crippen LogP contribution in [0.25, 0.3) is 22.2 Å². The molecule has 6 nitrogen and oxygen atoms in total. The zero-order valence-corrected chi connectivity index (χ0v) is 17.2. The molecule has 0 fully saturated rings. The quantitative estimate of drug-likeness (QED) is 0.451. The maximum absolute atomic E-state index is 11.5. The number of hydrogen-bond donors (Lipinski definition) is 3. The molecule has 0 spiro atoms. The van der Waals surface area contributed by atoms with E-state index >= 15 is 0 Å². The molecule has 5 rings (SSSR count). The fourth-order valence-electron chi connectivity index (χ4n) is 4.23. The van der Waals surface area contributed by atoms with Crippen LogP contribution >= 0.6 is 0 Å². The van der Waals surface area contributed by atoms with Gasteiger partial charge in [-0.3, -0.25) is 4.90 Å². The molecule has 0 saturated heterocycles. The number of imidazole rings is 1. The van der Waals surface area contributed by atoms with Crippen LogP contribution in [0.4, 0.5) is 0 Å². The van der Waals surface area contributed by atoms with Crippen molar-refractivity contribution in [2.45, 2.75) is 19.1 Å². The number of nitrogens with one attached hydrogen (secondary N) is 2. The first-order valence-electron chi connectivity index (χ1n) is 10.6. The molecule has 3 N–H and O–H groups in total. The Labute approximate surface area is 180 Å². The average molecular weight is 415 g/mol. The first kappa shape index (κ1) is 19.6. The smallest absolute Gasteiger partial charge is 0.323 e. The van der Waals surface area contributed by atoms with Gasteiger partial charge in [0.15, 0.2) is 0 Å². The number of nitrogens with zero attached hydrogens (tertiary/aromatic N) is 1. The van der Waals surface area contributed by atoms with E-state index in [0.717, 1.165) is 41.7 Å². The summed E-state index contributed by atoms with van der Waals surface area (Å²) in [5, 5.41) is 10.5. The van der Waals surface area contributed by atoms with Crippen LogP contribution in [-0.2, 0) is 13.0 Å². The first-order chi connectivity index (χ1) is 15.1. The monoisotopic (exact) mass is 415 g/mol. The number of benzene rings is 3. The molecule has 1 unspecified atom stereocenters. The number of aliphatic hydroxyl groups is 1. The number of β-amino-alcohol motifs (C(OH)–C–C–N with tert-alkyl or cyclic N) is 1. The fraction of sp³-hybridized carbons (Fsp3) is 0.240. The number of aromatic nitrogens is 2. The van der Waals surface area contributed by atoms with Crippen LogP contribution in [-0.4, -0.2) is 45.8 Å². The Morgan fingerprint density at radius 2 is 1.74 bits per heavy atom. The number of fused-ring (bicyclic) bond motifs is 2. The molecule has 3 aromatic carbocycles. The van der Waals surface area contributed by atoms with Crippen LogP contribution in [0.3, 0.4) is 0 Å². The van der Waals surface area contributed by atoms with Gasteiger partial charge in [-0.05, 0) is 52.9 Å². The van der Waals surface area contributed by atoms with Crippen molar-refractivity contribution in [2.75, 3.05) is 19.7 Å². The number of aliphatic hydroxyl groups excluding tert-OH is 1. The highest BCUT2D eigenvalue weighted by atomic mass is 16.5. The van der Waals surface area contributed by atoms with Crippen molar-refractivity contribution in [3.05, 3.63) is 88.3 Å². The van der Waals surface area contributed by atoms with Gasteiger partial charge in [0.1, 0.15) is 18.5 Å². The molecule has 0 aliphatic carbocycles. The Bertz CT molecular complexity index is 1260. The molecule has 1 aromatic heterocycles. The van der Waals surface area contributed by atoms with Crippen LogP contribution in [0.2, 0.25) is 0 Å². The summed E-state index contributed by atoms with van der Waals surface area (Å²) >= 11 is 0. The van der Waals surface area contributed by atoms with Gasteiger partial charge in [-0.1, -0.05) is 42.5 Å². The summed E-state index contributed by atoms with van der Waals surface area (Å²) in [6.45, 7) is 2.65. The van der Waals surface area contributed by atoms with Crippen LogP contribution in [0.1, 0.15) is 11.1 Å². The average Bonchev–Trinajstić information content (AvgIpc) is 3.17. The third-order valence-corrected chi connectivity index (χ3v) is 5.80. The van der Waals surface area contributed by atoms with Gasteiger partial charge in [0.25, 0.3) is 0 Å². The van der Waals surface area contributed by atoms with Crippen molar-refractivity contribution in [3.8, 4) is 16.9 Å². The lowest BCUT2D eigenvalue weighted by atomic mass is 10.00. The lowest BCUT2D eigenvalue weighted by molar-refractivity contribution is 0.0638. The summed E-state index contributed by atoms with van der Waals surface area (Å²) in [6, 6.07) is 22.1. The zero-order chi connectivity index (χ0) is 21.2. The van der Waals surface area contributed by atoms with Gasteiger partial charge < -0.3 is 19.8 Å². The van der Waals surface area contributed by atoms with Crippen molar-refractivity contribution < 1.29 is 9.84 Å². The second-order valence-corrected chi connectivity index (χ2v) is 8.09. The maximum atomic E-state index is 11.5. The molecule has 0 amide bonds. The van der Waals surface area contributed by atoms with Gasteiger partial charge in [0, 0.05) is 19.6 Å². The SMILES string of the molecule is O=c1[nH]c2ccc(-c3cccc(OCC(O)CN4CCc5ccccc5C4)c3)cc2[nH]1. The summed E-state index contributed by atoms with van der Waals surface area (Å²) in [4.78, 5) is 19.3. The molecule has 1 aliphatic heterocycles. The third-order valence-electron chi connectivity index (χ3n) is 5.80. The molecule has 1 atom stereocenters. The molecular weight excluding hydrogens is 390 g/mol. The Morgan fingerprint density at radius 3 is 2.65 bits per heavy atom. The molecule has 4 aromatic rings. The van der Waals surface area contributed by atoms with Crippen molar-refractivity contribution in [2.24, 2.45) is 0 Å². The Hall–Kier alpha value is -3.35. The van der Waals surface area contributed by atoms with Gasteiger partial charge in [-0.15, -0.1) is 0 Å². The summed E-state index contributed by atoms with van der Waals surface area (Å²) < 4.78 is 5.89. The van der Waals surface area contributed by atoms with Gasteiger partial charge in [0.2, 0.25) is 0 Å². The molecule has 2 heterocycles. The molecule has 6 heteroatoms. The molecule has 0 bridgehead atoms. The Kier molecular flexibility index (Phi) is 5.32. The van der Waals surface area contributed by atoms with Crippen molar-refractivity contribution in [3.63, 3.8) is 0 Å². The lowest BCUT2D eigenvalue weighted by Crippen LogP contribution is -2.38. The van der Waals surface area contributed by atoms with Gasteiger partial charge >= 0.3 is 5.69 Å². The lowest BCUT2D eigenvalue weighted by Gasteiger charge is -2.30. The summed E-state index contributed by atoms with van der Waals surface area (Å²) in [5.74, 6) is 0.711. The summed E-state index contributed by atoms with van der Waals surface area (Å²) in [7, 11) is 0. The topological polar surface area (TPSA) is 81.3 Å². The standard InChI is InChI=1S/C25H25N3O3/c29-21(15-28-11-10-17-4-1-2-5-20(17)14-28)16-31-22-7-3-6-18(12-22)19-8-9-23-24(13-19)27-25(30)26-23/h1-9,12-13,21,29H,10-11,14-16H2,(H2,26,27,30). The number of aromatic amines is 2. The summed E-state index contributed by atoms with van der Waals surface area (Å²) in [5.41, 5.74) is 6.06. The Morgan fingerprint density at radius 1 is 0.935 bits per heavy atom. The van der Waals surface area contributed by atoms with Crippen molar-refractivity contribution in [1.82, 2.24) is 14.9 Å². The minimum atomic E-state index is -0.560. The van der Waals surface area contributed by atoms with Gasteiger partial charge in [-0.2, -0.15) is 0 Å². The third kappa shape index (κ3) is 4.40. The second kappa shape index (κ2) is 8.41. The number of hydrogen-bond acceptors (Lipinski definition) is 4. The number of ether oxygens (including phenoxy) is 1. The summed E-state index contributed by atoms with van der Waals surface area (Å²) in [6.07, 6.45) is 0.456. The van der Waals surface area contributed by atoms with Crippen molar-refractivity contribution >= 4 is 11.0 Å². The van der Waals surface area contributed by atoms with Crippen molar-refractivity contribution in [1.29, 1.82) is 0 Å². The second-order valence-electron chi connectivity index (χ2n) is 8.09. The first-order valence-corrected chi connectivity index (χ1v) is 10.6. The van der Waals surface area contributed by atoms with E-state index < -0.39 is 6.10 Å². The minimum absolute atomic E-state index is 0.213. The molecule has 31 heavy (non-hydrogen) atoms. The van der Waals surface area contributed by atoms with E-state index in [1.54, 1.807) is 0 Å². The molecule has 158 valence electrons. The fourth-order valence-corrected chi connectivity index (χ4v) is 4.23. The largest absolute Gasteiger partial charge is 0.491 e. The molecule has 0 saturated carbocycles. The van der Waals surface area contributed by atoms with Gasteiger partial charge in [-0.25, -0.2) is 4.79 Å². The van der Waals surface area contributed by atoms with Crippen LogP contribution < -0.4 is 10.4 Å². The maximum Gasteiger partial charge on any atom is 0.323 e. The number of H-pyrrole nitrogens is 2. The van der Waals surface area contributed by atoms with E-state index in [9.17, 15) is 9.90 Å². The van der Waals surface area contributed by atoms with E-state index in [4.69, 9.17) is 4.74 Å².